The van der Waals surface area contributed by atoms with Crippen molar-refractivity contribution in [3.63, 3.8) is 0 Å². The van der Waals surface area contributed by atoms with E-state index in [9.17, 15) is 9.59 Å². The van der Waals surface area contributed by atoms with Crippen LogP contribution in [0.3, 0.4) is 0 Å². The fourth-order valence-electron chi connectivity index (χ4n) is 3.32. The summed E-state index contributed by atoms with van der Waals surface area (Å²) in [4.78, 5) is 24.7. The summed E-state index contributed by atoms with van der Waals surface area (Å²) in [5.74, 6) is 1.30. The van der Waals surface area contributed by atoms with Crippen LogP contribution in [-0.4, -0.2) is 35.4 Å². The van der Waals surface area contributed by atoms with Crippen molar-refractivity contribution in [3.8, 4) is 11.5 Å². The Morgan fingerprint density at radius 3 is 2.47 bits per heavy atom. The van der Waals surface area contributed by atoms with Crippen LogP contribution in [0, 0.1) is 0 Å². The first kappa shape index (κ1) is 21.4. The standard InChI is InChI=1S/C23H27N3O4/c1-4-29-20-11-10-16(14-21(20)30-5-2)12-13-24-22(27)15-19-17-8-6-7-9-18(17)23(28)26(3)25-19/h6-11,14H,4-5,12-13,15H2,1-3H3,(H,24,27). The van der Waals surface area contributed by atoms with Crippen molar-refractivity contribution in [2.45, 2.75) is 26.7 Å². The van der Waals surface area contributed by atoms with Crippen LogP contribution in [0.4, 0.5) is 0 Å². The highest BCUT2D eigenvalue weighted by Gasteiger charge is 2.12. The average molecular weight is 409 g/mol. The minimum Gasteiger partial charge on any atom is -0.490 e. The van der Waals surface area contributed by atoms with Crippen molar-refractivity contribution in [1.82, 2.24) is 15.1 Å². The Labute approximate surface area is 175 Å². The van der Waals surface area contributed by atoms with Gasteiger partial charge in [-0.3, -0.25) is 9.59 Å². The second-order valence-electron chi connectivity index (χ2n) is 6.84. The zero-order valence-corrected chi connectivity index (χ0v) is 17.6. The van der Waals surface area contributed by atoms with E-state index < -0.39 is 0 Å². The van der Waals surface area contributed by atoms with Crippen LogP contribution in [-0.2, 0) is 24.7 Å². The molecule has 1 amide bonds. The molecule has 0 saturated carbocycles. The predicted molar refractivity (Wildman–Crippen MR) is 116 cm³/mol. The summed E-state index contributed by atoms with van der Waals surface area (Å²) >= 11 is 0. The lowest BCUT2D eigenvalue weighted by Gasteiger charge is -2.13. The molecular formula is C23H27N3O4. The number of amides is 1. The maximum atomic E-state index is 12.5. The molecule has 1 heterocycles. The summed E-state index contributed by atoms with van der Waals surface area (Å²) in [6, 6.07) is 13.0. The molecule has 158 valence electrons. The van der Waals surface area contributed by atoms with Crippen molar-refractivity contribution in [3.05, 3.63) is 64.1 Å². The number of rotatable bonds is 9. The van der Waals surface area contributed by atoms with E-state index in [0.717, 1.165) is 11.3 Å². The molecule has 0 spiro atoms. The number of hydrogen-bond donors (Lipinski definition) is 1. The molecule has 0 unspecified atom stereocenters. The van der Waals surface area contributed by atoms with Gasteiger partial charge in [0.1, 0.15) is 0 Å². The largest absolute Gasteiger partial charge is 0.490 e. The van der Waals surface area contributed by atoms with Crippen molar-refractivity contribution in [2.75, 3.05) is 19.8 Å². The molecule has 1 N–H and O–H groups in total. The van der Waals surface area contributed by atoms with E-state index in [4.69, 9.17) is 9.47 Å². The Morgan fingerprint density at radius 1 is 1.03 bits per heavy atom. The molecule has 0 bridgehead atoms. The normalized spacial score (nSPS) is 10.8. The van der Waals surface area contributed by atoms with Crippen molar-refractivity contribution in [2.24, 2.45) is 7.05 Å². The first-order valence-electron chi connectivity index (χ1n) is 10.1. The van der Waals surface area contributed by atoms with Gasteiger partial charge in [-0.1, -0.05) is 24.3 Å². The second kappa shape index (κ2) is 9.91. The van der Waals surface area contributed by atoms with E-state index in [1.54, 1.807) is 19.2 Å². The van der Waals surface area contributed by atoms with Crippen LogP contribution in [0.15, 0.2) is 47.3 Å². The smallest absolute Gasteiger partial charge is 0.274 e. The number of nitrogens with zero attached hydrogens (tertiary/aromatic N) is 2. The zero-order valence-electron chi connectivity index (χ0n) is 17.6. The summed E-state index contributed by atoms with van der Waals surface area (Å²) in [7, 11) is 1.60. The van der Waals surface area contributed by atoms with Gasteiger partial charge in [-0.2, -0.15) is 5.10 Å². The predicted octanol–water partition coefficient (Wildman–Crippen LogP) is 2.63. The molecule has 7 heteroatoms. The van der Waals surface area contributed by atoms with Crippen LogP contribution in [0.5, 0.6) is 11.5 Å². The van der Waals surface area contributed by atoms with Gasteiger partial charge in [0.25, 0.3) is 5.56 Å². The monoisotopic (exact) mass is 409 g/mol. The first-order chi connectivity index (χ1) is 14.5. The Morgan fingerprint density at radius 2 is 1.73 bits per heavy atom. The van der Waals surface area contributed by atoms with Gasteiger partial charge in [0.05, 0.1) is 30.7 Å². The van der Waals surface area contributed by atoms with E-state index in [1.165, 1.54) is 4.68 Å². The topological polar surface area (TPSA) is 82.5 Å². The minimum absolute atomic E-state index is 0.113. The molecule has 0 radical (unpaired) electrons. The third-order valence-corrected chi connectivity index (χ3v) is 4.70. The lowest BCUT2D eigenvalue weighted by Crippen LogP contribution is -2.29. The highest BCUT2D eigenvalue weighted by molar-refractivity contribution is 5.88. The van der Waals surface area contributed by atoms with Crippen LogP contribution < -0.4 is 20.3 Å². The number of aryl methyl sites for hydroxylation is 1. The van der Waals surface area contributed by atoms with Crippen LogP contribution in [0.1, 0.15) is 25.1 Å². The molecule has 0 aliphatic carbocycles. The summed E-state index contributed by atoms with van der Waals surface area (Å²) in [5, 5.41) is 8.49. The molecule has 0 aliphatic heterocycles. The lowest BCUT2D eigenvalue weighted by atomic mass is 10.1. The van der Waals surface area contributed by atoms with Crippen molar-refractivity contribution >= 4 is 16.7 Å². The van der Waals surface area contributed by atoms with E-state index >= 15 is 0 Å². The number of ether oxygens (including phenoxy) is 2. The molecule has 0 aliphatic rings. The van der Waals surface area contributed by atoms with Gasteiger partial charge in [-0.05, 0) is 44.0 Å². The summed E-state index contributed by atoms with van der Waals surface area (Å²) in [6.07, 6.45) is 0.780. The van der Waals surface area contributed by atoms with Gasteiger partial charge in [-0.15, -0.1) is 0 Å². The van der Waals surface area contributed by atoms with E-state index in [0.29, 0.717) is 48.4 Å². The first-order valence-corrected chi connectivity index (χ1v) is 10.1. The van der Waals surface area contributed by atoms with Gasteiger partial charge < -0.3 is 14.8 Å². The average Bonchev–Trinajstić information content (AvgIpc) is 2.74. The second-order valence-corrected chi connectivity index (χ2v) is 6.84. The lowest BCUT2D eigenvalue weighted by molar-refractivity contribution is -0.120. The molecule has 30 heavy (non-hydrogen) atoms. The maximum Gasteiger partial charge on any atom is 0.274 e. The molecule has 0 fully saturated rings. The summed E-state index contributed by atoms with van der Waals surface area (Å²) in [5.41, 5.74) is 1.47. The Kier molecular flexibility index (Phi) is 7.06. The Hall–Kier alpha value is -3.35. The van der Waals surface area contributed by atoms with Crippen molar-refractivity contribution < 1.29 is 14.3 Å². The number of nitrogens with one attached hydrogen (secondary N) is 1. The van der Waals surface area contributed by atoms with E-state index in [2.05, 4.69) is 10.4 Å². The minimum atomic E-state index is -0.171. The van der Waals surface area contributed by atoms with Gasteiger partial charge in [0.2, 0.25) is 5.91 Å². The molecule has 0 atom stereocenters. The molecule has 0 saturated heterocycles. The molecular weight excluding hydrogens is 382 g/mol. The van der Waals surface area contributed by atoms with Gasteiger partial charge in [-0.25, -0.2) is 4.68 Å². The summed E-state index contributed by atoms with van der Waals surface area (Å²) in [6.45, 7) is 5.48. The van der Waals surface area contributed by atoms with Crippen LogP contribution in [0.25, 0.3) is 10.8 Å². The molecule has 7 nitrogen and oxygen atoms in total. The number of carbonyl (C=O) groups is 1. The third kappa shape index (κ3) is 4.97. The van der Waals surface area contributed by atoms with Gasteiger partial charge in [0, 0.05) is 19.0 Å². The fraction of sp³-hybridized carbons (Fsp3) is 0.348. The Bertz CT molecular complexity index is 1090. The van der Waals surface area contributed by atoms with Crippen molar-refractivity contribution in [1.29, 1.82) is 0 Å². The fourth-order valence-corrected chi connectivity index (χ4v) is 3.32. The molecule has 3 rings (SSSR count). The van der Waals surface area contributed by atoms with Crippen LogP contribution in [0.2, 0.25) is 0 Å². The maximum absolute atomic E-state index is 12.5. The van der Waals surface area contributed by atoms with Gasteiger partial charge in [0.15, 0.2) is 11.5 Å². The number of fused-ring (bicyclic) bond motifs is 1. The number of carbonyl (C=O) groups excluding carboxylic acids is 1. The van der Waals surface area contributed by atoms with E-state index in [1.807, 2.05) is 44.2 Å². The van der Waals surface area contributed by atoms with E-state index in [-0.39, 0.29) is 17.9 Å². The molecule has 2 aromatic carbocycles. The summed E-state index contributed by atoms with van der Waals surface area (Å²) < 4.78 is 12.5. The SMILES string of the molecule is CCOc1ccc(CCNC(=O)Cc2nn(C)c(=O)c3ccccc23)cc1OCC. The highest BCUT2D eigenvalue weighted by Crippen LogP contribution is 2.28. The number of hydrogen-bond acceptors (Lipinski definition) is 5. The zero-order chi connectivity index (χ0) is 21.5. The number of aromatic nitrogens is 2. The molecule has 3 aromatic rings. The van der Waals surface area contributed by atoms with Gasteiger partial charge >= 0.3 is 0 Å². The Balaban J connectivity index is 1.63. The quantitative estimate of drug-likeness (QED) is 0.588. The molecule has 1 aromatic heterocycles. The highest BCUT2D eigenvalue weighted by atomic mass is 16.5. The van der Waals surface area contributed by atoms with Crippen LogP contribution >= 0.6 is 0 Å². The number of benzene rings is 2. The third-order valence-electron chi connectivity index (χ3n) is 4.70.